The van der Waals surface area contributed by atoms with Crippen LogP contribution in [-0.4, -0.2) is 14.8 Å². The van der Waals surface area contributed by atoms with E-state index in [0.29, 0.717) is 6.61 Å². The first kappa shape index (κ1) is 12.6. The molecule has 96 valence electrons. The molecule has 0 aliphatic rings. The van der Waals surface area contributed by atoms with Crippen molar-refractivity contribution in [1.29, 1.82) is 0 Å². The van der Waals surface area contributed by atoms with Gasteiger partial charge in [0.2, 0.25) is 0 Å². The highest BCUT2D eigenvalue weighted by Gasteiger charge is 2.06. The van der Waals surface area contributed by atoms with Gasteiger partial charge in [-0.15, -0.1) is 10.2 Å². The van der Waals surface area contributed by atoms with E-state index in [0.717, 1.165) is 23.0 Å². The van der Waals surface area contributed by atoms with Crippen molar-refractivity contribution in [1.82, 2.24) is 14.8 Å². The number of nitrogens with zero attached hydrogens (tertiary/aromatic N) is 3. The lowest BCUT2D eigenvalue weighted by Crippen LogP contribution is -2.06. The summed E-state index contributed by atoms with van der Waals surface area (Å²) in [5.41, 5.74) is 6.89. The van der Waals surface area contributed by atoms with Crippen molar-refractivity contribution in [3.05, 3.63) is 41.5 Å². The molecule has 0 spiro atoms. The summed E-state index contributed by atoms with van der Waals surface area (Å²) < 4.78 is 7.61. The minimum absolute atomic E-state index is 0.00521. The predicted molar refractivity (Wildman–Crippen MR) is 69.1 cm³/mol. The van der Waals surface area contributed by atoms with Gasteiger partial charge >= 0.3 is 0 Å². The Morgan fingerprint density at radius 1 is 1.39 bits per heavy atom. The van der Waals surface area contributed by atoms with E-state index >= 15 is 0 Å². The van der Waals surface area contributed by atoms with E-state index in [1.165, 1.54) is 0 Å². The predicted octanol–water partition coefficient (Wildman–Crippen LogP) is 1.72. The van der Waals surface area contributed by atoms with E-state index in [1.807, 2.05) is 49.7 Å². The Labute approximate surface area is 107 Å². The van der Waals surface area contributed by atoms with Crippen molar-refractivity contribution < 1.29 is 4.74 Å². The fourth-order valence-electron chi connectivity index (χ4n) is 1.61. The molecule has 0 radical (unpaired) electrons. The Kier molecular flexibility index (Phi) is 3.62. The lowest BCUT2D eigenvalue weighted by atomic mass is 10.1. The number of benzene rings is 1. The topological polar surface area (TPSA) is 66.0 Å². The molecular weight excluding hydrogens is 228 g/mol. The summed E-state index contributed by atoms with van der Waals surface area (Å²) in [5.74, 6) is 2.47. The van der Waals surface area contributed by atoms with Crippen LogP contribution in [-0.2, 0) is 13.7 Å². The average molecular weight is 246 g/mol. The molecule has 0 fully saturated rings. The van der Waals surface area contributed by atoms with Gasteiger partial charge in [-0.3, -0.25) is 0 Å². The zero-order chi connectivity index (χ0) is 13.1. The standard InChI is InChI=1S/C13H18N4O/c1-9(14)11-5-4-6-12(7-11)18-8-13-16-15-10(2)17(13)3/h4-7,9H,8,14H2,1-3H3. The van der Waals surface area contributed by atoms with Gasteiger partial charge in [0.1, 0.15) is 18.2 Å². The lowest BCUT2D eigenvalue weighted by Gasteiger charge is -2.09. The SMILES string of the molecule is Cc1nnc(COc2cccc(C(C)N)c2)n1C. The summed E-state index contributed by atoms with van der Waals surface area (Å²) >= 11 is 0. The monoisotopic (exact) mass is 246 g/mol. The van der Waals surface area contributed by atoms with Crippen LogP contribution in [0.2, 0.25) is 0 Å². The van der Waals surface area contributed by atoms with E-state index in [9.17, 15) is 0 Å². The van der Waals surface area contributed by atoms with Crippen LogP contribution in [0.3, 0.4) is 0 Å². The van der Waals surface area contributed by atoms with Gasteiger partial charge in [-0.25, -0.2) is 0 Å². The van der Waals surface area contributed by atoms with Crippen molar-refractivity contribution in [2.75, 3.05) is 0 Å². The minimum Gasteiger partial charge on any atom is -0.486 e. The fraction of sp³-hybridized carbons (Fsp3) is 0.385. The van der Waals surface area contributed by atoms with Crippen LogP contribution in [0.25, 0.3) is 0 Å². The van der Waals surface area contributed by atoms with Crippen LogP contribution in [0.1, 0.15) is 30.2 Å². The Balaban J connectivity index is 2.06. The van der Waals surface area contributed by atoms with Crippen LogP contribution in [0.5, 0.6) is 5.75 Å². The number of hydrogen-bond donors (Lipinski definition) is 1. The number of rotatable bonds is 4. The Bertz CT molecular complexity index is 534. The van der Waals surface area contributed by atoms with Crippen molar-refractivity contribution in [2.24, 2.45) is 12.8 Å². The molecule has 5 heteroatoms. The molecule has 5 nitrogen and oxygen atoms in total. The third-order valence-corrected chi connectivity index (χ3v) is 2.93. The third-order valence-electron chi connectivity index (χ3n) is 2.93. The van der Waals surface area contributed by atoms with E-state index in [1.54, 1.807) is 0 Å². The summed E-state index contributed by atoms with van der Waals surface area (Å²) in [6.45, 7) is 4.26. The zero-order valence-corrected chi connectivity index (χ0v) is 10.9. The fourth-order valence-corrected chi connectivity index (χ4v) is 1.61. The number of aryl methyl sites for hydroxylation is 1. The number of ether oxygens (including phenoxy) is 1. The molecule has 0 bridgehead atoms. The maximum Gasteiger partial charge on any atom is 0.170 e. The summed E-state index contributed by atoms with van der Waals surface area (Å²) in [4.78, 5) is 0. The van der Waals surface area contributed by atoms with Crippen LogP contribution in [0.4, 0.5) is 0 Å². The Morgan fingerprint density at radius 3 is 2.78 bits per heavy atom. The highest BCUT2D eigenvalue weighted by molar-refractivity contribution is 5.30. The molecule has 18 heavy (non-hydrogen) atoms. The van der Waals surface area contributed by atoms with Gasteiger partial charge in [-0.2, -0.15) is 0 Å². The van der Waals surface area contributed by atoms with Gasteiger partial charge in [0.15, 0.2) is 5.82 Å². The van der Waals surface area contributed by atoms with Gasteiger partial charge in [-0.05, 0) is 31.5 Å². The first-order chi connectivity index (χ1) is 8.58. The molecule has 0 aliphatic heterocycles. The normalized spacial score (nSPS) is 12.4. The Hall–Kier alpha value is -1.88. The molecule has 1 unspecified atom stereocenters. The molecule has 2 N–H and O–H groups in total. The minimum atomic E-state index is 0.00521. The van der Waals surface area contributed by atoms with Gasteiger partial charge in [0.05, 0.1) is 0 Å². The van der Waals surface area contributed by atoms with E-state index in [2.05, 4.69) is 10.2 Å². The van der Waals surface area contributed by atoms with Crippen LogP contribution in [0, 0.1) is 6.92 Å². The second-order valence-corrected chi connectivity index (χ2v) is 4.37. The summed E-state index contributed by atoms with van der Waals surface area (Å²) in [6, 6.07) is 7.80. The Morgan fingerprint density at radius 2 is 2.17 bits per heavy atom. The number of nitrogens with two attached hydrogens (primary N) is 1. The number of aromatic nitrogens is 3. The quantitative estimate of drug-likeness (QED) is 0.892. The first-order valence-corrected chi connectivity index (χ1v) is 5.91. The van der Waals surface area contributed by atoms with E-state index in [4.69, 9.17) is 10.5 Å². The number of hydrogen-bond acceptors (Lipinski definition) is 4. The highest BCUT2D eigenvalue weighted by atomic mass is 16.5. The van der Waals surface area contributed by atoms with Crippen LogP contribution < -0.4 is 10.5 Å². The highest BCUT2D eigenvalue weighted by Crippen LogP contribution is 2.18. The summed E-state index contributed by atoms with van der Waals surface area (Å²) in [7, 11) is 1.92. The van der Waals surface area contributed by atoms with Gasteiger partial charge in [-0.1, -0.05) is 12.1 Å². The summed E-state index contributed by atoms with van der Waals surface area (Å²) in [5, 5.41) is 8.04. The third kappa shape index (κ3) is 2.68. The summed E-state index contributed by atoms with van der Waals surface area (Å²) in [6.07, 6.45) is 0. The van der Waals surface area contributed by atoms with E-state index in [-0.39, 0.29) is 6.04 Å². The molecule has 1 aromatic heterocycles. The molecular formula is C13H18N4O. The van der Waals surface area contributed by atoms with Gasteiger partial charge < -0.3 is 15.0 Å². The van der Waals surface area contributed by atoms with Crippen molar-refractivity contribution in [3.63, 3.8) is 0 Å². The molecule has 1 atom stereocenters. The van der Waals surface area contributed by atoms with Crippen LogP contribution >= 0.6 is 0 Å². The van der Waals surface area contributed by atoms with Gasteiger partial charge in [0, 0.05) is 13.1 Å². The molecule has 2 aromatic rings. The second-order valence-electron chi connectivity index (χ2n) is 4.37. The zero-order valence-electron chi connectivity index (χ0n) is 10.9. The smallest absolute Gasteiger partial charge is 0.170 e. The molecule has 1 heterocycles. The molecule has 0 aliphatic carbocycles. The molecule has 0 saturated heterocycles. The average Bonchev–Trinajstić information content (AvgIpc) is 2.68. The molecule has 1 aromatic carbocycles. The van der Waals surface area contributed by atoms with Crippen molar-refractivity contribution >= 4 is 0 Å². The van der Waals surface area contributed by atoms with Crippen molar-refractivity contribution in [3.8, 4) is 5.75 Å². The van der Waals surface area contributed by atoms with Crippen molar-refractivity contribution in [2.45, 2.75) is 26.5 Å². The molecule has 0 saturated carbocycles. The largest absolute Gasteiger partial charge is 0.486 e. The molecule has 2 rings (SSSR count). The van der Waals surface area contributed by atoms with Crippen LogP contribution in [0.15, 0.2) is 24.3 Å². The maximum atomic E-state index is 5.84. The van der Waals surface area contributed by atoms with E-state index < -0.39 is 0 Å². The first-order valence-electron chi connectivity index (χ1n) is 5.91. The maximum absolute atomic E-state index is 5.84. The van der Waals surface area contributed by atoms with Gasteiger partial charge in [0.25, 0.3) is 0 Å². The second kappa shape index (κ2) is 5.18. The lowest BCUT2D eigenvalue weighted by molar-refractivity contribution is 0.290. The molecule has 0 amide bonds.